The van der Waals surface area contributed by atoms with Gasteiger partial charge in [0.2, 0.25) is 5.88 Å². The maximum atomic E-state index is 12.0. The second-order valence-electron chi connectivity index (χ2n) is 3.90. The standard InChI is InChI=1S/C11H9ClF3N3O2S/c12-7-3-6(8(19)18-10-16-1-2-21-10)4-17-9(7)20-5-11(13,14)15/h3-4H,1-2,5H2,(H,16,18,19). The van der Waals surface area contributed by atoms with E-state index in [2.05, 4.69) is 20.0 Å². The van der Waals surface area contributed by atoms with Gasteiger partial charge in [-0.2, -0.15) is 13.2 Å². The van der Waals surface area contributed by atoms with Crippen LogP contribution in [-0.4, -0.2) is 41.1 Å². The lowest BCUT2D eigenvalue weighted by molar-refractivity contribution is -0.154. The number of hydrogen-bond donors (Lipinski definition) is 1. The third-order valence-electron chi connectivity index (χ3n) is 2.25. The lowest BCUT2D eigenvalue weighted by atomic mass is 10.2. The first-order valence-electron chi connectivity index (χ1n) is 5.69. The highest BCUT2D eigenvalue weighted by atomic mass is 35.5. The van der Waals surface area contributed by atoms with Gasteiger partial charge in [-0.25, -0.2) is 4.98 Å². The average Bonchev–Trinajstić information content (AvgIpc) is 2.89. The minimum atomic E-state index is -4.49. The predicted octanol–water partition coefficient (Wildman–Crippen LogP) is 2.51. The van der Waals surface area contributed by atoms with Crippen molar-refractivity contribution in [1.82, 2.24) is 10.3 Å². The number of hydrogen-bond acceptors (Lipinski definition) is 5. The smallest absolute Gasteiger partial charge is 0.422 e. The highest BCUT2D eigenvalue weighted by molar-refractivity contribution is 8.14. The molecule has 2 heterocycles. The number of aromatic nitrogens is 1. The topological polar surface area (TPSA) is 63.6 Å². The highest BCUT2D eigenvalue weighted by Gasteiger charge is 2.29. The Hall–Kier alpha value is -1.48. The van der Waals surface area contributed by atoms with E-state index in [1.165, 1.54) is 17.8 Å². The first kappa shape index (κ1) is 15.9. The SMILES string of the molecule is O=C(NC1=NCCS1)c1cnc(OCC(F)(F)F)c(Cl)c1. The number of carbonyl (C=O) groups excluding carboxylic acids is 1. The molecule has 1 aromatic heterocycles. The van der Waals surface area contributed by atoms with Gasteiger partial charge < -0.3 is 10.1 Å². The molecule has 0 atom stereocenters. The molecule has 0 radical (unpaired) electrons. The summed E-state index contributed by atoms with van der Waals surface area (Å²) in [4.78, 5) is 19.5. The molecule has 1 amide bonds. The normalized spacial score (nSPS) is 14.8. The van der Waals surface area contributed by atoms with Crippen LogP contribution < -0.4 is 10.1 Å². The van der Waals surface area contributed by atoms with Crippen molar-refractivity contribution in [1.29, 1.82) is 0 Å². The largest absolute Gasteiger partial charge is 0.467 e. The number of pyridine rings is 1. The fraction of sp³-hybridized carbons (Fsp3) is 0.364. The van der Waals surface area contributed by atoms with E-state index in [1.54, 1.807) is 0 Å². The second kappa shape index (κ2) is 6.52. The lowest BCUT2D eigenvalue weighted by Gasteiger charge is -2.10. The van der Waals surface area contributed by atoms with Crippen LogP contribution in [0, 0.1) is 0 Å². The molecule has 114 valence electrons. The maximum Gasteiger partial charge on any atom is 0.422 e. The highest BCUT2D eigenvalue weighted by Crippen LogP contribution is 2.25. The summed E-state index contributed by atoms with van der Waals surface area (Å²) in [5, 5.41) is 2.87. The number of halogens is 4. The van der Waals surface area contributed by atoms with E-state index in [-0.39, 0.29) is 16.5 Å². The van der Waals surface area contributed by atoms with Crippen molar-refractivity contribution < 1.29 is 22.7 Å². The summed E-state index contributed by atoms with van der Waals surface area (Å²) in [7, 11) is 0. The van der Waals surface area contributed by atoms with Crippen molar-refractivity contribution in [3.63, 3.8) is 0 Å². The fourth-order valence-electron chi connectivity index (χ4n) is 1.39. The zero-order valence-corrected chi connectivity index (χ0v) is 12.0. The quantitative estimate of drug-likeness (QED) is 0.919. The van der Waals surface area contributed by atoms with Gasteiger partial charge in [0.1, 0.15) is 5.02 Å². The predicted molar refractivity (Wildman–Crippen MR) is 73.0 cm³/mol. The maximum absolute atomic E-state index is 12.0. The third-order valence-corrected chi connectivity index (χ3v) is 3.41. The van der Waals surface area contributed by atoms with Crippen LogP contribution in [0.5, 0.6) is 5.88 Å². The molecule has 1 aliphatic heterocycles. The molecule has 1 aliphatic rings. The minimum absolute atomic E-state index is 0.106. The number of nitrogens with zero attached hydrogens (tertiary/aromatic N) is 2. The van der Waals surface area contributed by atoms with Gasteiger partial charge in [-0.15, -0.1) is 0 Å². The van der Waals surface area contributed by atoms with Crippen molar-refractivity contribution in [3.05, 3.63) is 22.8 Å². The average molecular weight is 340 g/mol. The molecule has 0 aliphatic carbocycles. The molecule has 0 spiro atoms. The van der Waals surface area contributed by atoms with Crippen LogP contribution in [0.3, 0.4) is 0 Å². The van der Waals surface area contributed by atoms with Crippen LogP contribution in [0.2, 0.25) is 5.02 Å². The molecule has 0 bridgehead atoms. The molecule has 10 heteroatoms. The molecule has 1 aromatic rings. The zero-order chi connectivity index (χ0) is 15.5. The second-order valence-corrected chi connectivity index (χ2v) is 5.40. The van der Waals surface area contributed by atoms with Crippen molar-refractivity contribution in [2.24, 2.45) is 4.99 Å². The first-order valence-corrected chi connectivity index (χ1v) is 7.05. The minimum Gasteiger partial charge on any atom is -0.467 e. The van der Waals surface area contributed by atoms with E-state index in [9.17, 15) is 18.0 Å². The lowest BCUT2D eigenvalue weighted by Crippen LogP contribution is -2.27. The van der Waals surface area contributed by atoms with E-state index in [1.807, 2.05) is 0 Å². The Labute approximate surface area is 126 Å². The molecule has 1 N–H and O–H groups in total. The van der Waals surface area contributed by atoms with Crippen LogP contribution >= 0.6 is 23.4 Å². The number of carbonyl (C=O) groups is 1. The fourth-order valence-corrected chi connectivity index (χ4v) is 2.33. The summed E-state index contributed by atoms with van der Waals surface area (Å²) in [6.07, 6.45) is -3.40. The number of nitrogens with one attached hydrogen (secondary N) is 1. The van der Waals surface area contributed by atoms with Gasteiger partial charge in [0.25, 0.3) is 5.91 Å². The van der Waals surface area contributed by atoms with Crippen LogP contribution in [0.1, 0.15) is 10.4 Å². The van der Waals surface area contributed by atoms with E-state index < -0.39 is 18.7 Å². The summed E-state index contributed by atoms with van der Waals surface area (Å²) in [6.45, 7) is -0.873. The molecule has 0 saturated carbocycles. The van der Waals surface area contributed by atoms with Crippen LogP contribution in [0.15, 0.2) is 17.3 Å². The van der Waals surface area contributed by atoms with E-state index in [0.29, 0.717) is 11.7 Å². The van der Waals surface area contributed by atoms with E-state index >= 15 is 0 Å². The van der Waals surface area contributed by atoms with E-state index in [4.69, 9.17) is 11.6 Å². The Morgan fingerprint density at radius 2 is 2.29 bits per heavy atom. The van der Waals surface area contributed by atoms with Crippen LogP contribution in [-0.2, 0) is 0 Å². The van der Waals surface area contributed by atoms with Crippen molar-refractivity contribution in [3.8, 4) is 5.88 Å². The van der Waals surface area contributed by atoms with Gasteiger partial charge in [0.15, 0.2) is 11.8 Å². The van der Waals surface area contributed by atoms with Gasteiger partial charge in [-0.1, -0.05) is 23.4 Å². The molecule has 2 rings (SSSR count). The number of rotatable bonds is 3. The van der Waals surface area contributed by atoms with Crippen molar-refractivity contribution >= 4 is 34.4 Å². The van der Waals surface area contributed by atoms with Gasteiger partial charge >= 0.3 is 6.18 Å². The third kappa shape index (κ3) is 4.78. The van der Waals surface area contributed by atoms with Crippen molar-refractivity contribution in [2.75, 3.05) is 18.9 Å². The Kier molecular flexibility index (Phi) is 4.94. The summed E-state index contributed by atoms with van der Waals surface area (Å²) in [6, 6.07) is 1.19. The van der Waals surface area contributed by atoms with Crippen LogP contribution in [0.25, 0.3) is 0 Å². The molecule has 0 unspecified atom stereocenters. The number of ether oxygens (including phenoxy) is 1. The van der Waals surface area contributed by atoms with E-state index in [0.717, 1.165) is 11.9 Å². The molecular weight excluding hydrogens is 331 g/mol. The molecule has 5 nitrogen and oxygen atoms in total. The summed E-state index contributed by atoms with van der Waals surface area (Å²) < 4.78 is 40.5. The number of thioether (sulfide) groups is 1. The zero-order valence-electron chi connectivity index (χ0n) is 10.4. The molecule has 21 heavy (non-hydrogen) atoms. The van der Waals surface area contributed by atoms with Crippen LogP contribution in [0.4, 0.5) is 13.2 Å². The number of amidine groups is 1. The molecule has 0 fully saturated rings. The Balaban J connectivity index is 2.02. The number of amides is 1. The summed E-state index contributed by atoms with van der Waals surface area (Å²) in [5.74, 6) is -0.0724. The van der Waals surface area contributed by atoms with Gasteiger partial charge in [0, 0.05) is 11.9 Å². The summed E-state index contributed by atoms with van der Waals surface area (Å²) in [5.41, 5.74) is 0.106. The van der Waals surface area contributed by atoms with Gasteiger partial charge in [-0.05, 0) is 6.07 Å². The summed E-state index contributed by atoms with van der Waals surface area (Å²) >= 11 is 7.15. The Morgan fingerprint density at radius 3 is 2.86 bits per heavy atom. The molecular formula is C11H9ClF3N3O2S. The number of alkyl halides is 3. The Morgan fingerprint density at radius 1 is 1.52 bits per heavy atom. The number of aliphatic imine (C=N–C) groups is 1. The first-order chi connectivity index (χ1) is 9.85. The van der Waals surface area contributed by atoms with Gasteiger partial charge in [-0.3, -0.25) is 9.79 Å². The monoisotopic (exact) mass is 339 g/mol. The molecule has 0 saturated heterocycles. The Bertz CT molecular complexity index is 580. The van der Waals surface area contributed by atoms with Gasteiger partial charge in [0.05, 0.1) is 12.1 Å². The van der Waals surface area contributed by atoms with Crippen molar-refractivity contribution in [2.45, 2.75) is 6.18 Å². The molecule has 0 aromatic carbocycles.